The molecule has 0 aromatic rings. The van der Waals surface area contributed by atoms with Gasteiger partial charge in [0, 0.05) is 23.3 Å². The Bertz CT molecular complexity index is 1150. The highest BCUT2D eigenvalue weighted by Gasteiger charge is 2.71. The molecule has 0 spiro atoms. The lowest BCUT2D eigenvalue weighted by molar-refractivity contribution is -0.456. The number of aliphatic hydroxyl groups is 4. The van der Waals surface area contributed by atoms with Crippen molar-refractivity contribution in [2.75, 3.05) is 6.61 Å². The Morgan fingerprint density at radius 3 is 2.56 bits per heavy atom. The van der Waals surface area contributed by atoms with Crippen molar-refractivity contribution in [3.05, 3.63) is 23.3 Å². The molecule has 0 amide bonds. The maximum absolute atomic E-state index is 13.1. The molecule has 0 bridgehead atoms. The number of carbonyl (C=O) groups is 2. The summed E-state index contributed by atoms with van der Waals surface area (Å²) < 4.78 is 23.3. The molecule has 0 aromatic carbocycles. The van der Waals surface area contributed by atoms with E-state index in [0.717, 1.165) is 11.9 Å². The van der Waals surface area contributed by atoms with E-state index in [1.807, 2.05) is 19.9 Å². The summed E-state index contributed by atoms with van der Waals surface area (Å²) in [5.74, 6) is -3.03. The van der Waals surface area contributed by atoms with Gasteiger partial charge in [-0.25, -0.2) is 4.79 Å². The van der Waals surface area contributed by atoms with E-state index in [2.05, 4.69) is 0 Å². The predicted octanol–water partition coefficient (Wildman–Crippen LogP) is 0.892. The van der Waals surface area contributed by atoms with Gasteiger partial charge >= 0.3 is 5.97 Å². The van der Waals surface area contributed by atoms with E-state index < -0.39 is 58.9 Å². The molecule has 5 fully saturated rings. The highest BCUT2D eigenvalue weighted by molar-refractivity contribution is 5.85. The van der Waals surface area contributed by atoms with Crippen LogP contribution in [0, 0.1) is 28.6 Å². The normalized spacial score (nSPS) is 56.2. The molecular formula is C29H38O10. The lowest BCUT2D eigenvalue weighted by Gasteiger charge is -2.62. The quantitative estimate of drug-likeness (QED) is 0.223. The largest absolute Gasteiger partial charge is 0.458 e. The number of hydrogen-bond donors (Lipinski definition) is 4. The van der Waals surface area contributed by atoms with Crippen molar-refractivity contribution in [2.45, 2.75) is 107 Å². The number of aldehydes is 1. The first-order valence-corrected chi connectivity index (χ1v) is 14.3. The van der Waals surface area contributed by atoms with Crippen LogP contribution in [-0.4, -0.2) is 87.5 Å². The van der Waals surface area contributed by atoms with Gasteiger partial charge in [0.2, 0.25) is 12.1 Å². The van der Waals surface area contributed by atoms with E-state index in [1.54, 1.807) is 0 Å². The lowest BCUT2D eigenvalue weighted by Crippen LogP contribution is -2.70. The zero-order valence-corrected chi connectivity index (χ0v) is 22.3. The number of carbonyl (C=O) groups excluding carboxylic acids is 2. The third kappa shape index (κ3) is 3.28. The molecule has 4 N–H and O–H groups in total. The lowest BCUT2D eigenvalue weighted by atomic mass is 9.46. The zero-order valence-electron chi connectivity index (χ0n) is 22.3. The molecular weight excluding hydrogens is 508 g/mol. The maximum Gasteiger partial charge on any atom is 0.331 e. The summed E-state index contributed by atoms with van der Waals surface area (Å²) in [6.45, 7) is 3.95. The van der Waals surface area contributed by atoms with Crippen molar-refractivity contribution in [3.8, 4) is 0 Å². The van der Waals surface area contributed by atoms with Crippen LogP contribution in [0.3, 0.4) is 0 Å². The van der Waals surface area contributed by atoms with E-state index in [4.69, 9.17) is 18.9 Å². The predicted molar refractivity (Wildman–Crippen MR) is 133 cm³/mol. The first kappa shape index (κ1) is 26.3. The van der Waals surface area contributed by atoms with Crippen molar-refractivity contribution in [1.29, 1.82) is 0 Å². The van der Waals surface area contributed by atoms with Crippen molar-refractivity contribution in [3.63, 3.8) is 0 Å². The number of ether oxygens (including phenoxy) is 4. The fraction of sp³-hybridized carbons (Fsp3) is 0.793. The third-order valence-electron chi connectivity index (χ3n) is 11.6. The molecule has 10 heteroatoms. The standard InChI is InChI=1S/C29H38O10/c1-14-7-23(32)29(35)25(37-14)38-20-9-16-3-4-18-17(27(16,13-30)11-21(20)39-29)5-6-26(2)19(10-22(31)28(18,26)34)15-8-24(33)36-12-15/h4,8,13-14,16-17,19-23,25,31-32,34-35H,3,5-7,9-12H2,1-2H3. The topological polar surface area (TPSA) is 152 Å². The van der Waals surface area contributed by atoms with Crippen LogP contribution in [0.25, 0.3) is 0 Å². The number of rotatable bonds is 2. The molecule has 10 nitrogen and oxygen atoms in total. The number of aliphatic hydroxyl groups excluding tert-OH is 2. The second-order valence-corrected chi connectivity index (χ2v) is 13.3. The van der Waals surface area contributed by atoms with Gasteiger partial charge in [-0.05, 0) is 74.3 Å². The van der Waals surface area contributed by atoms with Crippen molar-refractivity contribution >= 4 is 12.3 Å². The summed E-state index contributed by atoms with van der Waals surface area (Å²) in [7, 11) is 0. The monoisotopic (exact) mass is 546 g/mol. The van der Waals surface area contributed by atoms with E-state index in [1.165, 1.54) is 6.08 Å². The molecule has 4 aliphatic carbocycles. The number of cyclic esters (lactones) is 1. The van der Waals surface area contributed by atoms with Gasteiger partial charge in [-0.3, -0.25) is 0 Å². The van der Waals surface area contributed by atoms with E-state index in [0.29, 0.717) is 37.7 Å². The minimum atomic E-state index is -2.02. The van der Waals surface area contributed by atoms with Gasteiger partial charge in [-0.1, -0.05) is 13.0 Å². The van der Waals surface area contributed by atoms with E-state index in [9.17, 15) is 30.0 Å². The molecule has 7 aliphatic rings. The molecule has 2 saturated heterocycles. The van der Waals surface area contributed by atoms with Crippen LogP contribution in [0.15, 0.2) is 23.3 Å². The molecule has 13 unspecified atom stereocenters. The van der Waals surface area contributed by atoms with Crippen LogP contribution in [0.5, 0.6) is 0 Å². The smallest absolute Gasteiger partial charge is 0.331 e. The van der Waals surface area contributed by atoms with Crippen LogP contribution < -0.4 is 0 Å². The molecule has 3 aliphatic heterocycles. The van der Waals surface area contributed by atoms with Crippen LogP contribution in [0.2, 0.25) is 0 Å². The van der Waals surface area contributed by atoms with Crippen LogP contribution >= 0.6 is 0 Å². The molecule has 0 radical (unpaired) electrons. The summed E-state index contributed by atoms with van der Waals surface area (Å²) in [6.07, 6.45) is 2.80. The SMILES string of the molecule is CC1CC(O)C2(O)OC3CC4(C=O)C(CC=C5C4CCC4(C)C(C6=CC(=O)OC6)CC(O)C54O)CC3OC2O1. The van der Waals surface area contributed by atoms with Crippen molar-refractivity contribution < 1.29 is 49.0 Å². The van der Waals surface area contributed by atoms with Crippen molar-refractivity contribution in [2.24, 2.45) is 28.6 Å². The average Bonchev–Trinajstić information content (AvgIpc) is 3.41. The Morgan fingerprint density at radius 1 is 1.05 bits per heavy atom. The van der Waals surface area contributed by atoms with Gasteiger partial charge in [-0.2, -0.15) is 0 Å². The van der Waals surface area contributed by atoms with Gasteiger partial charge in [0.05, 0.1) is 24.4 Å². The second-order valence-electron chi connectivity index (χ2n) is 13.3. The maximum atomic E-state index is 13.1. The number of esters is 1. The van der Waals surface area contributed by atoms with Crippen LogP contribution in [0.4, 0.5) is 0 Å². The molecule has 3 heterocycles. The second kappa shape index (κ2) is 8.44. The molecule has 0 aromatic heterocycles. The van der Waals surface area contributed by atoms with Crippen LogP contribution in [-0.2, 0) is 28.5 Å². The summed E-state index contributed by atoms with van der Waals surface area (Å²) in [5.41, 5.74) is -1.67. The average molecular weight is 547 g/mol. The summed E-state index contributed by atoms with van der Waals surface area (Å²) in [6, 6.07) is 0. The zero-order chi connectivity index (χ0) is 27.5. The van der Waals surface area contributed by atoms with Gasteiger partial charge < -0.3 is 44.2 Å². The fourth-order valence-electron chi connectivity index (χ4n) is 9.53. The van der Waals surface area contributed by atoms with Gasteiger partial charge in [0.25, 0.3) is 0 Å². The Hall–Kier alpha value is -1.66. The molecule has 7 rings (SSSR count). The third-order valence-corrected chi connectivity index (χ3v) is 11.6. The Kier molecular flexibility index (Phi) is 5.68. The first-order chi connectivity index (χ1) is 18.5. The summed E-state index contributed by atoms with van der Waals surface area (Å²) in [4.78, 5) is 24.9. The fourth-order valence-corrected chi connectivity index (χ4v) is 9.53. The summed E-state index contributed by atoms with van der Waals surface area (Å²) in [5, 5.41) is 45.7. The number of hydrogen-bond acceptors (Lipinski definition) is 10. The molecule has 13 atom stereocenters. The molecule has 3 saturated carbocycles. The molecule has 39 heavy (non-hydrogen) atoms. The Morgan fingerprint density at radius 2 is 1.85 bits per heavy atom. The Balaban J connectivity index is 1.23. The first-order valence-electron chi connectivity index (χ1n) is 14.3. The Labute approximate surface area is 226 Å². The number of fused-ring (bicyclic) bond motifs is 7. The van der Waals surface area contributed by atoms with E-state index >= 15 is 0 Å². The van der Waals surface area contributed by atoms with Crippen molar-refractivity contribution in [1.82, 2.24) is 0 Å². The van der Waals surface area contributed by atoms with Gasteiger partial charge in [-0.15, -0.1) is 0 Å². The van der Waals surface area contributed by atoms with Crippen LogP contribution in [0.1, 0.15) is 58.8 Å². The van der Waals surface area contributed by atoms with Gasteiger partial charge in [0.1, 0.15) is 24.6 Å². The summed E-state index contributed by atoms with van der Waals surface area (Å²) >= 11 is 0. The van der Waals surface area contributed by atoms with Gasteiger partial charge in [0.15, 0.2) is 0 Å². The number of allylic oxidation sites excluding steroid dienone is 1. The highest BCUT2D eigenvalue weighted by Crippen LogP contribution is 2.68. The van der Waals surface area contributed by atoms with E-state index in [-0.39, 0.29) is 43.3 Å². The molecule has 214 valence electrons. The minimum absolute atomic E-state index is 0.0726. The highest BCUT2D eigenvalue weighted by atomic mass is 16.8. The minimum Gasteiger partial charge on any atom is -0.458 e.